The Hall–Kier alpha value is -1.90. The van der Waals surface area contributed by atoms with Crippen molar-refractivity contribution in [1.29, 1.82) is 0 Å². The fraction of sp³-hybridized carbons (Fsp3) is 0.200. The zero-order valence-corrected chi connectivity index (χ0v) is 14.8. The first-order valence-corrected chi connectivity index (χ1v) is 8.51. The number of hydrogen-bond donors (Lipinski definition) is 2. The van der Waals surface area contributed by atoms with Crippen LogP contribution in [0, 0.1) is 6.92 Å². The molecule has 0 spiro atoms. The molecule has 0 aliphatic carbocycles. The number of hydrogen-bond acceptors (Lipinski definition) is 5. The lowest BCUT2D eigenvalue weighted by molar-refractivity contribution is -0.137. The predicted octanol–water partition coefficient (Wildman–Crippen LogP) is 2.65. The molecule has 0 aromatic heterocycles. The van der Waals surface area contributed by atoms with E-state index >= 15 is 0 Å². The smallest absolute Gasteiger partial charge is 0.305 e. The Labute approximate surface area is 151 Å². The van der Waals surface area contributed by atoms with E-state index in [9.17, 15) is 14.4 Å². The van der Waals surface area contributed by atoms with Gasteiger partial charge in [-0.25, -0.2) is 0 Å². The predicted molar refractivity (Wildman–Crippen MR) is 95.9 cm³/mol. The molecule has 124 valence electrons. The maximum atomic E-state index is 12.6. The van der Waals surface area contributed by atoms with E-state index in [1.54, 1.807) is 12.1 Å². The van der Waals surface area contributed by atoms with Gasteiger partial charge in [-0.2, -0.15) is 0 Å². The summed E-state index contributed by atoms with van der Waals surface area (Å²) in [5, 5.41) is 12.0. The molecule has 1 aromatic rings. The van der Waals surface area contributed by atoms with E-state index < -0.39 is 17.8 Å². The molecule has 24 heavy (non-hydrogen) atoms. The zero-order valence-electron chi connectivity index (χ0n) is 12.4. The van der Waals surface area contributed by atoms with Gasteiger partial charge in [0.05, 0.1) is 22.6 Å². The number of rotatable bonds is 3. The Bertz CT molecular complexity index is 850. The third-order valence-electron chi connectivity index (χ3n) is 3.66. The summed E-state index contributed by atoms with van der Waals surface area (Å²) < 4.78 is 0.240. The quantitative estimate of drug-likeness (QED) is 0.617. The first-order chi connectivity index (χ1) is 11.3. The first kappa shape index (κ1) is 16.9. The van der Waals surface area contributed by atoms with Gasteiger partial charge in [0.15, 0.2) is 0 Å². The highest BCUT2D eigenvalue weighted by Gasteiger charge is 2.39. The highest BCUT2D eigenvalue weighted by Crippen LogP contribution is 2.44. The number of amides is 2. The third kappa shape index (κ3) is 2.81. The fourth-order valence-corrected chi connectivity index (χ4v) is 4.24. The second-order valence-corrected chi connectivity index (χ2v) is 7.35. The number of aliphatic carboxylic acids is 1. The molecule has 0 radical (unpaired) electrons. The maximum absolute atomic E-state index is 12.6. The third-order valence-corrected chi connectivity index (χ3v) is 5.33. The minimum Gasteiger partial charge on any atom is -0.481 e. The van der Waals surface area contributed by atoms with Gasteiger partial charge in [-0.3, -0.25) is 19.3 Å². The van der Waals surface area contributed by atoms with Crippen LogP contribution in [0.2, 0.25) is 5.02 Å². The molecular formula is C15H11ClN2O4S2. The number of nitrogens with one attached hydrogen (secondary N) is 1. The average molecular weight is 383 g/mol. The van der Waals surface area contributed by atoms with Gasteiger partial charge in [-0.15, -0.1) is 0 Å². The molecule has 2 aliphatic heterocycles. The number of nitrogens with zero attached hydrogens (tertiary/aromatic N) is 1. The number of carboxylic acid groups (broad SMARTS) is 1. The van der Waals surface area contributed by atoms with Crippen molar-refractivity contribution in [3.63, 3.8) is 0 Å². The molecular weight excluding hydrogens is 372 g/mol. The highest BCUT2D eigenvalue weighted by atomic mass is 35.5. The van der Waals surface area contributed by atoms with Crippen LogP contribution in [0.15, 0.2) is 17.0 Å². The van der Waals surface area contributed by atoms with Gasteiger partial charge in [0.1, 0.15) is 4.32 Å². The number of carbonyl (C=O) groups excluding carboxylic acids is 2. The Morgan fingerprint density at radius 3 is 2.79 bits per heavy atom. The standard InChI is InChI=1S/C15H11ClN2O4S2/c1-6-4-7(16)5-8-10(13(21)17-11(6)8)12-14(22)18(15(23)24-12)3-2-9(19)20/h4-5H,2-3H2,1H3,(H,17,21)(H,19,20)/b12-10+. The summed E-state index contributed by atoms with van der Waals surface area (Å²) in [5.41, 5.74) is 2.20. The normalized spacial score (nSPS) is 19.8. The molecule has 2 aliphatic rings. The number of thiocarbonyl (C=S) groups is 1. The molecule has 0 bridgehead atoms. The molecule has 1 aromatic carbocycles. The minimum atomic E-state index is -1.02. The van der Waals surface area contributed by atoms with Crippen molar-refractivity contribution in [2.45, 2.75) is 13.3 Å². The largest absolute Gasteiger partial charge is 0.481 e. The van der Waals surface area contributed by atoms with Gasteiger partial charge >= 0.3 is 5.97 Å². The first-order valence-electron chi connectivity index (χ1n) is 6.91. The molecule has 9 heteroatoms. The molecule has 1 saturated heterocycles. The van der Waals surface area contributed by atoms with E-state index in [1.807, 2.05) is 6.92 Å². The molecule has 1 fully saturated rings. The van der Waals surface area contributed by atoms with Crippen molar-refractivity contribution in [1.82, 2.24) is 4.90 Å². The average Bonchev–Trinajstić information content (AvgIpc) is 2.94. The SMILES string of the molecule is Cc1cc(Cl)cc2c1NC(=O)/C2=C1/SC(=S)N(CCC(=O)O)C1=O. The molecule has 2 amide bonds. The Kier molecular flexibility index (Phi) is 4.37. The highest BCUT2D eigenvalue weighted by molar-refractivity contribution is 8.26. The molecule has 0 unspecified atom stereocenters. The number of anilines is 1. The van der Waals surface area contributed by atoms with Crippen LogP contribution in [-0.2, 0) is 14.4 Å². The van der Waals surface area contributed by atoms with Crippen LogP contribution in [0.4, 0.5) is 5.69 Å². The van der Waals surface area contributed by atoms with Crippen LogP contribution in [0.25, 0.3) is 5.57 Å². The minimum absolute atomic E-state index is 0.0279. The van der Waals surface area contributed by atoms with Crippen LogP contribution < -0.4 is 5.32 Å². The fourth-order valence-electron chi connectivity index (χ4n) is 2.58. The summed E-state index contributed by atoms with van der Waals surface area (Å²) in [6, 6.07) is 3.35. The Balaban J connectivity index is 2.05. The van der Waals surface area contributed by atoms with Crippen molar-refractivity contribution in [2.75, 3.05) is 11.9 Å². The van der Waals surface area contributed by atoms with Gasteiger partial charge in [-0.1, -0.05) is 35.6 Å². The second kappa shape index (κ2) is 6.19. The molecule has 0 atom stereocenters. The van der Waals surface area contributed by atoms with Crippen molar-refractivity contribution < 1.29 is 19.5 Å². The number of carbonyl (C=O) groups is 3. The number of thioether (sulfide) groups is 1. The zero-order chi connectivity index (χ0) is 17.6. The van der Waals surface area contributed by atoms with Gasteiger partial charge < -0.3 is 10.4 Å². The number of benzene rings is 1. The van der Waals surface area contributed by atoms with E-state index in [1.165, 1.54) is 4.90 Å². The van der Waals surface area contributed by atoms with Crippen LogP contribution in [-0.4, -0.2) is 38.7 Å². The summed E-state index contributed by atoms with van der Waals surface area (Å²) in [7, 11) is 0. The van der Waals surface area contributed by atoms with Gasteiger partial charge in [0, 0.05) is 17.1 Å². The van der Waals surface area contributed by atoms with Crippen molar-refractivity contribution in [3.8, 4) is 0 Å². The van der Waals surface area contributed by atoms with E-state index in [4.69, 9.17) is 28.9 Å². The van der Waals surface area contributed by atoms with E-state index in [0.717, 1.165) is 17.3 Å². The molecule has 0 saturated carbocycles. The van der Waals surface area contributed by atoms with Gasteiger partial charge in [-0.05, 0) is 24.6 Å². The van der Waals surface area contributed by atoms with Crippen LogP contribution in [0.5, 0.6) is 0 Å². The summed E-state index contributed by atoms with van der Waals surface area (Å²) in [4.78, 5) is 37.1. The van der Waals surface area contributed by atoms with Gasteiger partial charge in [0.2, 0.25) is 0 Å². The molecule has 3 rings (SSSR count). The maximum Gasteiger partial charge on any atom is 0.305 e. The number of halogens is 1. The van der Waals surface area contributed by atoms with Gasteiger partial charge in [0.25, 0.3) is 11.8 Å². The van der Waals surface area contributed by atoms with Crippen molar-refractivity contribution in [2.24, 2.45) is 0 Å². The van der Waals surface area contributed by atoms with E-state index in [0.29, 0.717) is 16.3 Å². The number of carboxylic acids is 1. The Morgan fingerprint density at radius 2 is 2.12 bits per heavy atom. The Morgan fingerprint density at radius 1 is 1.42 bits per heavy atom. The number of fused-ring (bicyclic) bond motifs is 1. The molecule has 2 N–H and O–H groups in total. The molecule has 2 heterocycles. The summed E-state index contributed by atoms with van der Waals surface area (Å²) in [6.45, 7) is 1.78. The van der Waals surface area contributed by atoms with Crippen molar-refractivity contribution in [3.05, 3.63) is 33.2 Å². The monoisotopic (exact) mass is 382 g/mol. The lowest BCUT2D eigenvalue weighted by atomic mass is 10.0. The lowest BCUT2D eigenvalue weighted by Gasteiger charge is -2.12. The van der Waals surface area contributed by atoms with Crippen LogP contribution in [0.3, 0.4) is 0 Å². The topological polar surface area (TPSA) is 86.7 Å². The second-order valence-electron chi connectivity index (χ2n) is 5.27. The summed E-state index contributed by atoms with van der Waals surface area (Å²) in [6.07, 6.45) is -0.219. The lowest BCUT2D eigenvalue weighted by Crippen LogP contribution is -2.30. The van der Waals surface area contributed by atoms with Crippen molar-refractivity contribution >= 4 is 68.9 Å². The van der Waals surface area contributed by atoms with Crippen LogP contribution in [0.1, 0.15) is 17.5 Å². The van der Waals surface area contributed by atoms with Crippen LogP contribution >= 0.6 is 35.6 Å². The molecule has 6 nitrogen and oxygen atoms in total. The van der Waals surface area contributed by atoms with E-state index in [-0.39, 0.29) is 27.8 Å². The summed E-state index contributed by atoms with van der Waals surface area (Å²) in [5.74, 6) is -1.88. The summed E-state index contributed by atoms with van der Waals surface area (Å²) >= 11 is 12.2. The van der Waals surface area contributed by atoms with E-state index in [2.05, 4.69) is 5.32 Å². The number of aryl methyl sites for hydroxylation is 1.